The Morgan fingerprint density at radius 1 is 1.48 bits per heavy atom. The van der Waals surface area contributed by atoms with Gasteiger partial charge in [0.2, 0.25) is 0 Å². The number of thioether (sulfide) groups is 1. The number of pyridine rings is 1. The van der Waals surface area contributed by atoms with Crippen LogP contribution in [0.15, 0.2) is 12.3 Å². The molecule has 0 saturated carbocycles. The van der Waals surface area contributed by atoms with Crippen molar-refractivity contribution in [2.75, 3.05) is 23.4 Å². The Balaban J connectivity index is 2.69. The van der Waals surface area contributed by atoms with Gasteiger partial charge in [-0.25, -0.2) is 9.37 Å². The topological polar surface area (TPSA) is 54.0 Å². The number of nitrogens with zero attached hydrogens (tertiary/aromatic N) is 1. The van der Waals surface area contributed by atoms with Crippen LogP contribution < -0.4 is 10.6 Å². The molecule has 0 bridgehead atoms. The first kappa shape index (κ1) is 17.8. The number of carbonyl (C=O) groups excluding carboxylic acids is 1. The van der Waals surface area contributed by atoms with E-state index in [0.717, 1.165) is 30.5 Å². The molecule has 0 aliphatic carbocycles. The molecule has 4 nitrogen and oxygen atoms in total. The van der Waals surface area contributed by atoms with E-state index in [9.17, 15) is 9.18 Å². The molecule has 0 saturated heterocycles. The summed E-state index contributed by atoms with van der Waals surface area (Å²) in [5.41, 5.74) is 0.262. The second kappa shape index (κ2) is 9.60. The lowest BCUT2D eigenvalue weighted by Gasteiger charge is -2.15. The van der Waals surface area contributed by atoms with Crippen molar-refractivity contribution in [2.45, 2.75) is 39.7 Å². The van der Waals surface area contributed by atoms with Gasteiger partial charge in [-0.3, -0.25) is 4.79 Å². The number of hydrogen-bond acceptors (Lipinski definition) is 4. The highest BCUT2D eigenvalue weighted by Crippen LogP contribution is 2.14. The van der Waals surface area contributed by atoms with Crippen molar-refractivity contribution in [3.05, 3.63) is 23.6 Å². The molecule has 0 spiro atoms. The fraction of sp³-hybridized carbons (Fsp3) is 0.600. The number of aromatic nitrogens is 1. The maximum atomic E-state index is 13.3. The summed E-state index contributed by atoms with van der Waals surface area (Å²) >= 11 is 1.84. The maximum absolute atomic E-state index is 13.3. The number of rotatable bonds is 9. The Morgan fingerprint density at radius 3 is 2.90 bits per heavy atom. The molecule has 1 aromatic rings. The van der Waals surface area contributed by atoms with Crippen molar-refractivity contribution in [3.63, 3.8) is 0 Å². The lowest BCUT2D eigenvalue weighted by molar-refractivity contribution is 0.0939. The summed E-state index contributed by atoms with van der Waals surface area (Å²) in [5.74, 6) is 1.72. The molecule has 1 atom stereocenters. The lowest BCUT2D eigenvalue weighted by atomic mass is 10.2. The summed E-state index contributed by atoms with van der Waals surface area (Å²) < 4.78 is 13.3. The lowest BCUT2D eigenvalue weighted by Crippen LogP contribution is -2.33. The SMILES string of the molecule is CCCNc1ncc(F)cc1C(=O)NC(C)CCSCC. The predicted octanol–water partition coefficient (Wildman–Crippen LogP) is 3.30. The molecule has 0 aliphatic rings. The zero-order chi connectivity index (χ0) is 15.7. The first-order chi connectivity index (χ1) is 10.1. The van der Waals surface area contributed by atoms with Crippen LogP contribution in [0.25, 0.3) is 0 Å². The third-order valence-electron chi connectivity index (χ3n) is 2.92. The normalized spacial score (nSPS) is 12.0. The van der Waals surface area contributed by atoms with E-state index in [0.29, 0.717) is 12.4 Å². The molecule has 0 radical (unpaired) electrons. The van der Waals surface area contributed by atoms with E-state index in [2.05, 4.69) is 22.5 Å². The minimum Gasteiger partial charge on any atom is -0.369 e. The molecule has 0 fully saturated rings. The molecule has 0 aromatic carbocycles. The zero-order valence-electron chi connectivity index (χ0n) is 12.9. The van der Waals surface area contributed by atoms with E-state index in [-0.39, 0.29) is 17.5 Å². The molecule has 0 aliphatic heterocycles. The Morgan fingerprint density at radius 2 is 2.24 bits per heavy atom. The van der Waals surface area contributed by atoms with Gasteiger partial charge in [0.1, 0.15) is 11.6 Å². The van der Waals surface area contributed by atoms with Gasteiger partial charge in [0.15, 0.2) is 0 Å². The molecule has 21 heavy (non-hydrogen) atoms. The highest BCUT2D eigenvalue weighted by Gasteiger charge is 2.15. The van der Waals surface area contributed by atoms with Crippen LogP contribution in [0.4, 0.5) is 10.2 Å². The first-order valence-corrected chi connectivity index (χ1v) is 8.52. The minimum atomic E-state index is -0.503. The van der Waals surface area contributed by atoms with E-state index >= 15 is 0 Å². The highest BCUT2D eigenvalue weighted by molar-refractivity contribution is 7.99. The van der Waals surface area contributed by atoms with Crippen molar-refractivity contribution in [3.8, 4) is 0 Å². The van der Waals surface area contributed by atoms with Gasteiger partial charge in [-0.1, -0.05) is 13.8 Å². The molecule has 2 N–H and O–H groups in total. The van der Waals surface area contributed by atoms with Crippen LogP contribution in [0.2, 0.25) is 0 Å². The summed E-state index contributed by atoms with van der Waals surface area (Å²) in [5, 5.41) is 5.95. The van der Waals surface area contributed by atoms with Crippen LogP contribution in [-0.2, 0) is 0 Å². The van der Waals surface area contributed by atoms with E-state index in [4.69, 9.17) is 0 Å². The molecular weight excluding hydrogens is 289 g/mol. The van der Waals surface area contributed by atoms with Crippen LogP contribution in [0.5, 0.6) is 0 Å². The number of nitrogens with one attached hydrogen (secondary N) is 2. The summed E-state index contributed by atoms with van der Waals surface area (Å²) in [4.78, 5) is 16.2. The number of carbonyl (C=O) groups is 1. The van der Waals surface area contributed by atoms with Crippen LogP contribution >= 0.6 is 11.8 Å². The van der Waals surface area contributed by atoms with Crippen LogP contribution in [-0.4, -0.2) is 35.0 Å². The molecule has 1 aromatic heterocycles. The smallest absolute Gasteiger partial charge is 0.255 e. The van der Waals surface area contributed by atoms with Gasteiger partial charge in [-0.05, 0) is 37.3 Å². The fourth-order valence-electron chi connectivity index (χ4n) is 1.77. The van der Waals surface area contributed by atoms with Crippen molar-refractivity contribution >= 4 is 23.5 Å². The van der Waals surface area contributed by atoms with Gasteiger partial charge in [0, 0.05) is 12.6 Å². The first-order valence-electron chi connectivity index (χ1n) is 7.36. The largest absolute Gasteiger partial charge is 0.369 e. The summed E-state index contributed by atoms with van der Waals surface area (Å²) in [6.07, 6.45) is 2.92. The summed E-state index contributed by atoms with van der Waals surface area (Å²) in [7, 11) is 0. The quantitative estimate of drug-likeness (QED) is 0.687. The predicted molar refractivity (Wildman–Crippen MR) is 87.5 cm³/mol. The van der Waals surface area contributed by atoms with E-state index in [1.807, 2.05) is 25.6 Å². The molecule has 6 heteroatoms. The van der Waals surface area contributed by atoms with Gasteiger partial charge < -0.3 is 10.6 Å². The summed E-state index contributed by atoms with van der Waals surface area (Å²) in [6, 6.07) is 1.28. The van der Waals surface area contributed by atoms with Gasteiger partial charge >= 0.3 is 0 Å². The highest BCUT2D eigenvalue weighted by atomic mass is 32.2. The second-order valence-corrected chi connectivity index (χ2v) is 6.23. The van der Waals surface area contributed by atoms with Crippen LogP contribution in [0.1, 0.15) is 44.0 Å². The standard InChI is InChI=1S/C15H24FN3OS/c1-4-7-17-14-13(9-12(16)10-18-14)15(20)19-11(3)6-8-21-5-2/h9-11H,4-8H2,1-3H3,(H,17,18)(H,19,20). The average molecular weight is 313 g/mol. The van der Waals surface area contributed by atoms with E-state index in [1.165, 1.54) is 6.07 Å². The van der Waals surface area contributed by atoms with Crippen LogP contribution in [0.3, 0.4) is 0 Å². The Labute approximate surface area is 130 Å². The Hall–Kier alpha value is -1.30. The van der Waals surface area contributed by atoms with Crippen molar-refractivity contribution < 1.29 is 9.18 Å². The minimum absolute atomic E-state index is 0.0545. The molecule has 1 rings (SSSR count). The third kappa shape index (κ3) is 6.33. The van der Waals surface area contributed by atoms with Gasteiger partial charge in [0.05, 0.1) is 11.8 Å². The zero-order valence-corrected chi connectivity index (χ0v) is 13.7. The third-order valence-corrected chi connectivity index (χ3v) is 3.85. The van der Waals surface area contributed by atoms with Crippen molar-refractivity contribution in [2.24, 2.45) is 0 Å². The van der Waals surface area contributed by atoms with Gasteiger partial charge in [-0.2, -0.15) is 11.8 Å². The Kier molecular flexibility index (Phi) is 8.12. The molecule has 1 unspecified atom stereocenters. The van der Waals surface area contributed by atoms with E-state index in [1.54, 1.807) is 0 Å². The van der Waals surface area contributed by atoms with Gasteiger partial charge in [-0.15, -0.1) is 0 Å². The number of hydrogen-bond donors (Lipinski definition) is 2. The van der Waals surface area contributed by atoms with Crippen LogP contribution in [0, 0.1) is 5.82 Å². The molecule has 1 amide bonds. The number of amides is 1. The number of halogens is 1. The maximum Gasteiger partial charge on any atom is 0.255 e. The van der Waals surface area contributed by atoms with Crippen molar-refractivity contribution in [1.82, 2.24) is 10.3 Å². The van der Waals surface area contributed by atoms with E-state index < -0.39 is 5.82 Å². The molecule has 1 heterocycles. The van der Waals surface area contributed by atoms with Crippen molar-refractivity contribution in [1.29, 1.82) is 0 Å². The second-order valence-electron chi connectivity index (χ2n) is 4.84. The fourth-order valence-corrected chi connectivity index (χ4v) is 2.58. The summed E-state index contributed by atoms with van der Waals surface area (Å²) in [6.45, 7) is 6.78. The average Bonchev–Trinajstić information content (AvgIpc) is 2.46. The number of anilines is 1. The molecular formula is C15H24FN3OS. The molecule has 118 valence electrons. The Bertz CT molecular complexity index is 457. The monoisotopic (exact) mass is 313 g/mol. The van der Waals surface area contributed by atoms with Gasteiger partial charge in [0.25, 0.3) is 5.91 Å².